The van der Waals surface area contributed by atoms with E-state index in [1.54, 1.807) is 25.1 Å². The Labute approximate surface area is 173 Å². The van der Waals surface area contributed by atoms with Crippen LogP contribution in [0, 0.1) is 0 Å². The quantitative estimate of drug-likeness (QED) is 0.680. The molecule has 0 aliphatic heterocycles. The Balaban J connectivity index is 1.81. The molecule has 27 heavy (non-hydrogen) atoms. The van der Waals surface area contributed by atoms with Gasteiger partial charge in [0, 0.05) is 21.7 Å². The first-order valence-electron chi connectivity index (χ1n) is 8.25. The minimum atomic E-state index is -3.77. The Bertz CT molecular complexity index is 991. The lowest BCUT2D eigenvalue weighted by Gasteiger charge is -2.16. The zero-order valence-electron chi connectivity index (χ0n) is 14.3. The number of benzene rings is 2. The molecule has 0 radical (unpaired) electrons. The van der Waals surface area contributed by atoms with Crippen molar-refractivity contribution in [3.8, 4) is 0 Å². The van der Waals surface area contributed by atoms with Crippen LogP contribution in [-0.2, 0) is 10.0 Å². The second-order valence-corrected chi connectivity index (χ2v) is 9.33. The van der Waals surface area contributed by atoms with Gasteiger partial charge in [-0.25, -0.2) is 13.1 Å². The van der Waals surface area contributed by atoms with Crippen molar-refractivity contribution in [2.24, 2.45) is 0 Å². The van der Waals surface area contributed by atoms with Crippen LogP contribution in [0.3, 0.4) is 0 Å². The van der Waals surface area contributed by atoms with Gasteiger partial charge in [0.05, 0.1) is 11.1 Å². The molecule has 0 spiro atoms. The third-order valence-electron chi connectivity index (χ3n) is 4.16. The van der Waals surface area contributed by atoms with Gasteiger partial charge < -0.3 is 5.32 Å². The van der Waals surface area contributed by atoms with E-state index in [4.69, 9.17) is 34.8 Å². The summed E-state index contributed by atoms with van der Waals surface area (Å²) in [6.45, 7) is 1.77. The van der Waals surface area contributed by atoms with Crippen LogP contribution in [0.15, 0.2) is 41.3 Å². The van der Waals surface area contributed by atoms with Gasteiger partial charge >= 0.3 is 0 Å². The fraction of sp³-hybridized carbons (Fsp3) is 0.278. The van der Waals surface area contributed by atoms with Gasteiger partial charge in [-0.1, -0.05) is 40.9 Å². The maximum absolute atomic E-state index is 12.6. The number of hydrogen-bond donors (Lipinski definition) is 2. The molecule has 2 aromatic rings. The van der Waals surface area contributed by atoms with E-state index in [2.05, 4.69) is 10.0 Å². The van der Waals surface area contributed by atoms with Gasteiger partial charge in [-0.3, -0.25) is 4.79 Å². The Kier molecular flexibility index (Phi) is 6.03. The van der Waals surface area contributed by atoms with Crippen molar-refractivity contribution in [1.82, 2.24) is 10.0 Å². The molecule has 1 fully saturated rings. The van der Waals surface area contributed by atoms with E-state index >= 15 is 0 Å². The Morgan fingerprint density at radius 1 is 1.07 bits per heavy atom. The molecular weight excluding hydrogens is 431 g/mol. The zero-order chi connectivity index (χ0) is 19.8. The highest BCUT2D eigenvalue weighted by molar-refractivity contribution is 7.89. The average molecular weight is 448 g/mol. The molecule has 1 unspecified atom stereocenters. The number of hydrogen-bond acceptors (Lipinski definition) is 3. The minimum absolute atomic E-state index is 0.0596. The van der Waals surface area contributed by atoms with Gasteiger partial charge in [-0.05, 0) is 55.7 Å². The maximum Gasteiger partial charge on any atom is 0.251 e. The summed E-state index contributed by atoms with van der Waals surface area (Å²) < 4.78 is 27.4. The standard InChI is InChI=1S/C18H17Cl3N2O3S/c1-10(14-6-3-12(19)9-16(14)21)22-18(24)11-2-7-15(20)17(8-11)27(25,26)23-13-4-5-13/h2-3,6-10,13,23H,4-5H2,1H3,(H,22,24). The van der Waals surface area contributed by atoms with Crippen LogP contribution < -0.4 is 10.0 Å². The molecular formula is C18H17Cl3N2O3S. The first-order chi connectivity index (χ1) is 12.7. The topological polar surface area (TPSA) is 75.3 Å². The minimum Gasteiger partial charge on any atom is -0.345 e. The van der Waals surface area contributed by atoms with E-state index in [1.807, 2.05) is 0 Å². The highest BCUT2D eigenvalue weighted by Crippen LogP contribution is 2.28. The molecule has 9 heteroatoms. The van der Waals surface area contributed by atoms with Crippen LogP contribution in [0.2, 0.25) is 15.1 Å². The van der Waals surface area contributed by atoms with Crippen molar-refractivity contribution in [3.63, 3.8) is 0 Å². The number of carbonyl (C=O) groups excluding carboxylic acids is 1. The van der Waals surface area contributed by atoms with Gasteiger partial charge in [0.1, 0.15) is 4.90 Å². The van der Waals surface area contributed by atoms with E-state index in [0.29, 0.717) is 15.6 Å². The van der Waals surface area contributed by atoms with Gasteiger partial charge in [0.15, 0.2) is 0 Å². The summed E-state index contributed by atoms with van der Waals surface area (Å²) in [7, 11) is -3.77. The smallest absolute Gasteiger partial charge is 0.251 e. The van der Waals surface area contributed by atoms with Crippen LogP contribution in [0.5, 0.6) is 0 Å². The molecule has 0 saturated heterocycles. The Morgan fingerprint density at radius 2 is 1.78 bits per heavy atom. The van der Waals surface area contributed by atoms with Gasteiger partial charge in [-0.15, -0.1) is 0 Å². The summed E-state index contributed by atoms with van der Waals surface area (Å²) in [5, 5.41) is 3.79. The molecule has 0 bridgehead atoms. The molecule has 2 N–H and O–H groups in total. The van der Waals surface area contributed by atoms with Crippen LogP contribution in [-0.4, -0.2) is 20.4 Å². The second-order valence-electron chi connectivity index (χ2n) is 6.40. The van der Waals surface area contributed by atoms with Gasteiger partial charge in [0.2, 0.25) is 10.0 Å². The summed E-state index contributed by atoms with van der Waals surface area (Å²) in [6.07, 6.45) is 1.60. The molecule has 1 amide bonds. The van der Waals surface area contributed by atoms with Crippen molar-refractivity contribution in [3.05, 3.63) is 62.6 Å². The largest absolute Gasteiger partial charge is 0.345 e. The molecule has 1 aliphatic rings. The van der Waals surface area contributed by atoms with Crippen molar-refractivity contribution >= 4 is 50.7 Å². The van der Waals surface area contributed by atoms with Crippen LogP contribution in [0.1, 0.15) is 41.7 Å². The molecule has 5 nitrogen and oxygen atoms in total. The summed E-state index contributed by atoms with van der Waals surface area (Å²) in [4.78, 5) is 12.5. The summed E-state index contributed by atoms with van der Waals surface area (Å²) in [6, 6.07) is 8.70. The summed E-state index contributed by atoms with van der Waals surface area (Å²) >= 11 is 18.1. The molecule has 2 aromatic carbocycles. The second kappa shape index (κ2) is 7.97. The first kappa shape index (κ1) is 20.4. The number of carbonyl (C=O) groups is 1. The SMILES string of the molecule is CC(NC(=O)c1ccc(Cl)c(S(=O)(=O)NC2CC2)c1)c1ccc(Cl)cc1Cl. The lowest BCUT2D eigenvalue weighted by molar-refractivity contribution is 0.0939. The number of nitrogens with one attached hydrogen (secondary N) is 2. The molecule has 1 aliphatic carbocycles. The average Bonchev–Trinajstić information content (AvgIpc) is 3.38. The number of rotatable bonds is 6. The van der Waals surface area contributed by atoms with Crippen molar-refractivity contribution in [2.75, 3.05) is 0 Å². The fourth-order valence-electron chi connectivity index (χ4n) is 2.55. The summed E-state index contributed by atoms with van der Waals surface area (Å²) in [5.74, 6) is -0.437. The fourth-order valence-corrected chi connectivity index (χ4v) is 4.95. The lowest BCUT2D eigenvalue weighted by atomic mass is 10.1. The predicted molar refractivity (Wildman–Crippen MR) is 107 cm³/mol. The van der Waals surface area contributed by atoms with Crippen LogP contribution in [0.25, 0.3) is 0 Å². The van der Waals surface area contributed by atoms with E-state index in [0.717, 1.165) is 12.8 Å². The van der Waals surface area contributed by atoms with Crippen LogP contribution in [0.4, 0.5) is 0 Å². The molecule has 144 valence electrons. The van der Waals surface area contributed by atoms with Crippen molar-refractivity contribution < 1.29 is 13.2 Å². The van der Waals surface area contributed by atoms with Crippen LogP contribution >= 0.6 is 34.8 Å². The predicted octanol–water partition coefficient (Wildman–Crippen LogP) is 4.58. The third kappa shape index (κ3) is 4.95. The third-order valence-corrected chi connectivity index (χ3v) is 6.72. The number of amides is 1. The van der Waals surface area contributed by atoms with E-state index < -0.39 is 22.0 Å². The van der Waals surface area contributed by atoms with Crippen molar-refractivity contribution in [2.45, 2.75) is 36.7 Å². The highest BCUT2D eigenvalue weighted by atomic mass is 35.5. The van der Waals surface area contributed by atoms with Gasteiger partial charge in [0.25, 0.3) is 5.91 Å². The lowest BCUT2D eigenvalue weighted by Crippen LogP contribution is -2.28. The molecule has 0 aromatic heterocycles. The monoisotopic (exact) mass is 446 g/mol. The molecule has 0 heterocycles. The number of halogens is 3. The highest BCUT2D eigenvalue weighted by Gasteiger charge is 2.29. The maximum atomic E-state index is 12.6. The number of sulfonamides is 1. The van der Waals surface area contributed by atoms with Gasteiger partial charge in [-0.2, -0.15) is 0 Å². The normalized spacial score (nSPS) is 15.4. The van der Waals surface area contributed by atoms with E-state index in [-0.39, 0.29) is 21.5 Å². The Morgan fingerprint density at radius 3 is 2.41 bits per heavy atom. The van der Waals surface area contributed by atoms with E-state index in [9.17, 15) is 13.2 Å². The molecule has 1 atom stereocenters. The Hall–Kier alpha value is -1.31. The molecule has 3 rings (SSSR count). The molecule has 1 saturated carbocycles. The summed E-state index contributed by atoms with van der Waals surface area (Å²) in [5.41, 5.74) is 0.888. The first-order valence-corrected chi connectivity index (χ1v) is 10.9. The van der Waals surface area contributed by atoms with Crippen molar-refractivity contribution in [1.29, 1.82) is 0 Å². The van der Waals surface area contributed by atoms with E-state index in [1.165, 1.54) is 18.2 Å². The zero-order valence-corrected chi connectivity index (χ0v) is 17.4.